The van der Waals surface area contributed by atoms with Crippen molar-refractivity contribution in [2.45, 2.75) is 40.2 Å². The maximum absolute atomic E-state index is 12.0. The van der Waals surface area contributed by atoms with Crippen molar-refractivity contribution in [1.82, 2.24) is 9.78 Å². The van der Waals surface area contributed by atoms with Crippen LogP contribution in [0.2, 0.25) is 0 Å². The second kappa shape index (κ2) is 5.31. The van der Waals surface area contributed by atoms with Crippen LogP contribution in [-0.4, -0.2) is 22.2 Å². The number of carbonyl (C=O) groups excluding carboxylic acids is 1. The van der Waals surface area contributed by atoms with Crippen LogP contribution in [0.5, 0.6) is 0 Å². The molecule has 0 bridgehead atoms. The van der Waals surface area contributed by atoms with E-state index in [1.165, 1.54) is 0 Å². The number of aromatic nitrogens is 2. The highest BCUT2D eigenvalue weighted by molar-refractivity contribution is 5.95. The summed E-state index contributed by atoms with van der Waals surface area (Å²) in [6.45, 7) is 8.25. The zero-order valence-corrected chi connectivity index (χ0v) is 11.0. The number of carbonyl (C=O) groups is 1. The lowest BCUT2D eigenvalue weighted by molar-refractivity contribution is -0.124. The molecular weight excluding hydrogens is 216 g/mol. The van der Waals surface area contributed by atoms with Crippen LogP contribution in [0.3, 0.4) is 0 Å². The standard InChI is InChI=1S/C12H22N4O/c1-5-12(4,8-13)11(17)15-10-6-14-16(7-10)9(2)3/h6-7,9H,5,8,13H2,1-4H3,(H,15,17). The van der Waals surface area contributed by atoms with Crippen LogP contribution in [0.4, 0.5) is 5.69 Å². The molecule has 0 fully saturated rings. The van der Waals surface area contributed by atoms with Gasteiger partial charge in [-0.15, -0.1) is 0 Å². The molecule has 5 heteroatoms. The first-order valence-corrected chi connectivity index (χ1v) is 5.98. The summed E-state index contributed by atoms with van der Waals surface area (Å²) >= 11 is 0. The first kappa shape index (κ1) is 13.7. The highest BCUT2D eigenvalue weighted by atomic mass is 16.2. The van der Waals surface area contributed by atoms with Gasteiger partial charge in [0.1, 0.15) is 0 Å². The fourth-order valence-corrected chi connectivity index (χ4v) is 1.36. The van der Waals surface area contributed by atoms with Gasteiger partial charge in [0.05, 0.1) is 17.3 Å². The molecule has 0 saturated heterocycles. The Bertz CT molecular complexity index is 380. The lowest BCUT2D eigenvalue weighted by atomic mass is 9.86. The van der Waals surface area contributed by atoms with E-state index in [1.54, 1.807) is 10.9 Å². The number of anilines is 1. The van der Waals surface area contributed by atoms with Gasteiger partial charge in [0.2, 0.25) is 5.91 Å². The maximum atomic E-state index is 12.0. The van der Waals surface area contributed by atoms with Gasteiger partial charge in [0.25, 0.3) is 0 Å². The molecule has 1 unspecified atom stereocenters. The molecule has 0 radical (unpaired) electrons. The summed E-state index contributed by atoms with van der Waals surface area (Å²) in [6.07, 6.45) is 4.20. The van der Waals surface area contributed by atoms with E-state index in [1.807, 2.05) is 33.9 Å². The molecule has 1 aromatic rings. The minimum Gasteiger partial charge on any atom is -0.329 e. The molecule has 1 aromatic heterocycles. The number of hydrogen-bond donors (Lipinski definition) is 2. The van der Waals surface area contributed by atoms with E-state index in [0.29, 0.717) is 13.0 Å². The summed E-state index contributed by atoms with van der Waals surface area (Å²) in [4.78, 5) is 12.0. The topological polar surface area (TPSA) is 72.9 Å². The van der Waals surface area contributed by atoms with Crippen molar-refractivity contribution in [2.75, 3.05) is 11.9 Å². The predicted molar refractivity (Wildman–Crippen MR) is 68.7 cm³/mol. The van der Waals surface area contributed by atoms with Crippen molar-refractivity contribution in [3.8, 4) is 0 Å². The lowest BCUT2D eigenvalue weighted by Crippen LogP contribution is -2.39. The quantitative estimate of drug-likeness (QED) is 0.821. The zero-order chi connectivity index (χ0) is 13.1. The van der Waals surface area contributed by atoms with E-state index in [2.05, 4.69) is 10.4 Å². The van der Waals surface area contributed by atoms with Gasteiger partial charge in [0, 0.05) is 18.8 Å². The molecule has 0 aromatic carbocycles. The first-order valence-electron chi connectivity index (χ1n) is 5.98. The Morgan fingerprint density at radius 1 is 1.65 bits per heavy atom. The number of hydrogen-bond acceptors (Lipinski definition) is 3. The van der Waals surface area contributed by atoms with E-state index < -0.39 is 5.41 Å². The van der Waals surface area contributed by atoms with Crippen molar-refractivity contribution in [3.05, 3.63) is 12.4 Å². The first-order chi connectivity index (χ1) is 7.92. The van der Waals surface area contributed by atoms with Crippen molar-refractivity contribution < 1.29 is 4.79 Å². The Kier molecular flexibility index (Phi) is 4.28. The summed E-state index contributed by atoms with van der Waals surface area (Å²) in [7, 11) is 0. The van der Waals surface area contributed by atoms with Gasteiger partial charge in [0.15, 0.2) is 0 Å². The summed E-state index contributed by atoms with van der Waals surface area (Å²) in [6, 6.07) is 0.285. The van der Waals surface area contributed by atoms with Crippen LogP contribution in [0.15, 0.2) is 12.4 Å². The third-order valence-electron chi connectivity index (χ3n) is 3.17. The Labute approximate surface area is 102 Å². The highest BCUT2D eigenvalue weighted by Gasteiger charge is 2.29. The van der Waals surface area contributed by atoms with Crippen LogP contribution >= 0.6 is 0 Å². The van der Waals surface area contributed by atoms with Crippen molar-refractivity contribution in [2.24, 2.45) is 11.1 Å². The fraction of sp³-hybridized carbons (Fsp3) is 0.667. The van der Waals surface area contributed by atoms with E-state index in [-0.39, 0.29) is 11.9 Å². The van der Waals surface area contributed by atoms with Crippen molar-refractivity contribution in [1.29, 1.82) is 0 Å². The Morgan fingerprint density at radius 2 is 2.29 bits per heavy atom. The molecule has 0 spiro atoms. The van der Waals surface area contributed by atoms with Gasteiger partial charge in [-0.2, -0.15) is 5.10 Å². The number of rotatable bonds is 5. The molecule has 0 aliphatic carbocycles. The molecule has 1 atom stereocenters. The van der Waals surface area contributed by atoms with Crippen molar-refractivity contribution >= 4 is 11.6 Å². The number of nitrogens with two attached hydrogens (primary N) is 1. The summed E-state index contributed by atoms with van der Waals surface area (Å²) in [5.74, 6) is -0.0502. The largest absolute Gasteiger partial charge is 0.329 e. The minimum absolute atomic E-state index is 0.0502. The van der Waals surface area contributed by atoms with E-state index in [4.69, 9.17) is 5.73 Å². The van der Waals surface area contributed by atoms with Crippen LogP contribution < -0.4 is 11.1 Å². The molecule has 0 aliphatic rings. The van der Waals surface area contributed by atoms with Gasteiger partial charge in [-0.05, 0) is 27.2 Å². The number of amides is 1. The smallest absolute Gasteiger partial charge is 0.231 e. The monoisotopic (exact) mass is 238 g/mol. The molecule has 17 heavy (non-hydrogen) atoms. The van der Waals surface area contributed by atoms with E-state index in [0.717, 1.165) is 5.69 Å². The van der Waals surface area contributed by atoms with Gasteiger partial charge in [-0.1, -0.05) is 6.92 Å². The average Bonchev–Trinajstić information content (AvgIpc) is 2.76. The van der Waals surface area contributed by atoms with Crippen LogP contribution in [-0.2, 0) is 4.79 Å². The predicted octanol–water partition coefficient (Wildman–Crippen LogP) is 1.78. The summed E-state index contributed by atoms with van der Waals surface area (Å²) in [5, 5.41) is 7.03. The van der Waals surface area contributed by atoms with E-state index >= 15 is 0 Å². The van der Waals surface area contributed by atoms with Crippen LogP contribution in [0.1, 0.15) is 40.2 Å². The van der Waals surface area contributed by atoms with Crippen LogP contribution in [0, 0.1) is 5.41 Å². The molecule has 1 amide bonds. The lowest BCUT2D eigenvalue weighted by Gasteiger charge is -2.24. The van der Waals surface area contributed by atoms with Gasteiger partial charge in [-0.3, -0.25) is 9.48 Å². The number of nitrogens with zero attached hydrogens (tertiary/aromatic N) is 2. The average molecular weight is 238 g/mol. The fourth-order valence-electron chi connectivity index (χ4n) is 1.36. The third kappa shape index (κ3) is 3.06. The highest BCUT2D eigenvalue weighted by Crippen LogP contribution is 2.22. The molecule has 0 aliphatic heterocycles. The molecule has 1 heterocycles. The zero-order valence-electron chi connectivity index (χ0n) is 11.0. The molecule has 0 saturated carbocycles. The van der Waals surface area contributed by atoms with Gasteiger partial charge >= 0.3 is 0 Å². The third-order valence-corrected chi connectivity index (χ3v) is 3.17. The molecule has 1 rings (SSSR count). The molecular formula is C12H22N4O. The van der Waals surface area contributed by atoms with Crippen molar-refractivity contribution in [3.63, 3.8) is 0 Å². The Hall–Kier alpha value is -1.36. The Balaban J connectivity index is 2.74. The Morgan fingerprint density at radius 3 is 2.71 bits per heavy atom. The second-order valence-electron chi connectivity index (χ2n) is 4.88. The minimum atomic E-state index is -0.514. The molecule has 5 nitrogen and oxygen atoms in total. The van der Waals surface area contributed by atoms with Gasteiger partial charge < -0.3 is 11.1 Å². The molecule has 3 N–H and O–H groups in total. The summed E-state index contributed by atoms with van der Waals surface area (Å²) in [5.41, 5.74) is 5.85. The number of nitrogens with one attached hydrogen (secondary N) is 1. The second-order valence-corrected chi connectivity index (χ2v) is 4.88. The normalized spacial score (nSPS) is 14.7. The molecule has 96 valence electrons. The van der Waals surface area contributed by atoms with E-state index in [9.17, 15) is 4.79 Å². The van der Waals surface area contributed by atoms with Gasteiger partial charge in [-0.25, -0.2) is 0 Å². The maximum Gasteiger partial charge on any atom is 0.231 e. The SMILES string of the molecule is CCC(C)(CN)C(=O)Nc1cnn(C(C)C)c1. The summed E-state index contributed by atoms with van der Waals surface area (Å²) < 4.78 is 1.81. The van der Waals surface area contributed by atoms with Crippen LogP contribution in [0.25, 0.3) is 0 Å².